The van der Waals surface area contributed by atoms with Gasteiger partial charge in [0.15, 0.2) is 0 Å². The number of aliphatic carboxylic acids is 1. The maximum absolute atomic E-state index is 10.8. The summed E-state index contributed by atoms with van der Waals surface area (Å²) < 4.78 is 10.6. The third kappa shape index (κ3) is 3.45. The number of carboxylic acids is 1. The highest BCUT2D eigenvalue weighted by molar-refractivity contribution is 5.89. The maximum atomic E-state index is 10.8. The number of fused-ring (bicyclic) bond motifs is 1. The van der Waals surface area contributed by atoms with Gasteiger partial charge in [-0.25, -0.2) is 0 Å². The van der Waals surface area contributed by atoms with Gasteiger partial charge in [-0.1, -0.05) is 24.3 Å². The van der Waals surface area contributed by atoms with E-state index in [-0.39, 0.29) is 6.42 Å². The minimum absolute atomic E-state index is 0.0162. The van der Waals surface area contributed by atoms with Crippen LogP contribution in [-0.4, -0.2) is 31.4 Å². The summed E-state index contributed by atoms with van der Waals surface area (Å²) in [6.07, 6.45) is 0.0162. The Balaban J connectivity index is 2.31. The lowest BCUT2D eigenvalue weighted by Crippen LogP contribution is -2.04. The second-order valence-electron chi connectivity index (χ2n) is 4.22. The van der Waals surface area contributed by atoms with Crippen molar-refractivity contribution >= 4 is 16.7 Å². The molecular formula is C15H16O4. The highest BCUT2D eigenvalue weighted by Crippen LogP contribution is 2.26. The fourth-order valence-corrected chi connectivity index (χ4v) is 1.94. The number of rotatable bonds is 6. The zero-order valence-corrected chi connectivity index (χ0v) is 10.8. The Bertz CT molecular complexity index is 577. The fourth-order valence-electron chi connectivity index (χ4n) is 1.94. The van der Waals surface area contributed by atoms with Gasteiger partial charge < -0.3 is 14.6 Å². The molecule has 0 saturated heterocycles. The molecule has 4 nitrogen and oxygen atoms in total. The van der Waals surface area contributed by atoms with Crippen molar-refractivity contribution in [2.45, 2.75) is 6.42 Å². The third-order valence-corrected chi connectivity index (χ3v) is 2.81. The quantitative estimate of drug-likeness (QED) is 0.811. The first-order valence-electron chi connectivity index (χ1n) is 6.06. The summed E-state index contributed by atoms with van der Waals surface area (Å²) in [5, 5.41) is 10.8. The van der Waals surface area contributed by atoms with Crippen LogP contribution in [0.4, 0.5) is 0 Å². The molecular weight excluding hydrogens is 244 g/mol. The van der Waals surface area contributed by atoms with Crippen LogP contribution in [0.5, 0.6) is 5.75 Å². The van der Waals surface area contributed by atoms with Crippen molar-refractivity contribution in [2.75, 3.05) is 20.3 Å². The van der Waals surface area contributed by atoms with Crippen molar-refractivity contribution in [1.82, 2.24) is 0 Å². The predicted octanol–water partition coefficient (Wildman–Crippen LogP) is 2.49. The monoisotopic (exact) mass is 260 g/mol. The average molecular weight is 260 g/mol. The first-order chi connectivity index (χ1) is 9.20. The number of methoxy groups -OCH3 is 1. The van der Waals surface area contributed by atoms with E-state index in [0.717, 1.165) is 22.1 Å². The van der Waals surface area contributed by atoms with Crippen LogP contribution in [0.15, 0.2) is 36.4 Å². The van der Waals surface area contributed by atoms with Crippen LogP contribution in [0.2, 0.25) is 0 Å². The van der Waals surface area contributed by atoms with Gasteiger partial charge in [-0.15, -0.1) is 0 Å². The molecule has 0 radical (unpaired) electrons. The van der Waals surface area contributed by atoms with E-state index < -0.39 is 5.97 Å². The lowest BCUT2D eigenvalue weighted by atomic mass is 10.0. The van der Waals surface area contributed by atoms with E-state index in [1.807, 2.05) is 36.4 Å². The van der Waals surface area contributed by atoms with Gasteiger partial charge in [0.1, 0.15) is 12.4 Å². The molecule has 19 heavy (non-hydrogen) atoms. The van der Waals surface area contributed by atoms with Crippen LogP contribution >= 0.6 is 0 Å². The van der Waals surface area contributed by atoms with Crippen LogP contribution in [0, 0.1) is 0 Å². The van der Waals surface area contributed by atoms with Crippen LogP contribution in [0.3, 0.4) is 0 Å². The van der Waals surface area contributed by atoms with Crippen LogP contribution < -0.4 is 4.74 Å². The first kappa shape index (κ1) is 13.4. The van der Waals surface area contributed by atoms with Crippen LogP contribution in [0.1, 0.15) is 5.56 Å². The number of carboxylic acid groups (broad SMARTS) is 1. The Labute approximate surface area is 111 Å². The topological polar surface area (TPSA) is 55.8 Å². The first-order valence-corrected chi connectivity index (χ1v) is 6.06. The summed E-state index contributed by atoms with van der Waals surface area (Å²) in [5.74, 6) is -0.0843. The number of benzene rings is 2. The molecule has 0 unspecified atom stereocenters. The molecule has 0 atom stereocenters. The second kappa shape index (κ2) is 6.20. The SMILES string of the molecule is COCCOc1cccc2ccc(CC(=O)O)cc12. The summed E-state index contributed by atoms with van der Waals surface area (Å²) >= 11 is 0. The highest BCUT2D eigenvalue weighted by atomic mass is 16.5. The molecule has 0 aliphatic carbocycles. The summed E-state index contributed by atoms with van der Waals surface area (Å²) in [7, 11) is 1.62. The zero-order chi connectivity index (χ0) is 13.7. The molecule has 0 aliphatic heterocycles. The number of carbonyl (C=O) groups is 1. The summed E-state index contributed by atoms with van der Waals surface area (Å²) in [5.41, 5.74) is 0.766. The Kier molecular flexibility index (Phi) is 4.36. The second-order valence-corrected chi connectivity index (χ2v) is 4.22. The van der Waals surface area contributed by atoms with Crippen molar-refractivity contribution in [3.8, 4) is 5.75 Å². The van der Waals surface area contributed by atoms with Crippen molar-refractivity contribution < 1.29 is 19.4 Å². The summed E-state index contributed by atoms with van der Waals surface area (Å²) in [6.45, 7) is 0.990. The zero-order valence-electron chi connectivity index (χ0n) is 10.8. The standard InChI is InChI=1S/C15H16O4/c1-18-7-8-19-14-4-2-3-12-6-5-11(9-13(12)14)10-15(16)17/h2-6,9H,7-8,10H2,1H3,(H,16,17). The molecule has 0 amide bonds. The Morgan fingerprint density at radius 3 is 2.79 bits per heavy atom. The largest absolute Gasteiger partial charge is 0.491 e. The van der Waals surface area contributed by atoms with Gasteiger partial charge in [-0.2, -0.15) is 0 Å². The third-order valence-electron chi connectivity index (χ3n) is 2.81. The highest BCUT2D eigenvalue weighted by Gasteiger charge is 2.05. The number of hydrogen-bond acceptors (Lipinski definition) is 3. The molecule has 0 spiro atoms. The molecule has 2 rings (SSSR count). The predicted molar refractivity (Wildman–Crippen MR) is 72.7 cm³/mol. The van der Waals surface area contributed by atoms with Gasteiger partial charge in [0.2, 0.25) is 0 Å². The van der Waals surface area contributed by atoms with E-state index in [4.69, 9.17) is 14.6 Å². The molecule has 2 aromatic rings. The Morgan fingerprint density at radius 1 is 1.21 bits per heavy atom. The van der Waals surface area contributed by atoms with E-state index in [1.165, 1.54) is 0 Å². The lowest BCUT2D eigenvalue weighted by molar-refractivity contribution is -0.136. The van der Waals surface area contributed by atoms with E-state index in [2.05, 4.69) is 0 Å². The number of ether oxygens (including phenoxy) is 2. The van der Waals surface area contributed by atoms with Crippen molar-refractivity contribution in [3.63, 3.8) is 0 Å². The maximum Gasteiger partial charge on any atom is 0.307 e. The molecule has 0 fully saturated rings. The minimum atomic E-state index is -0.836. The molecule has 1 N–H and O–H groups in total. The Morgan fingerprint density at radius 2 is 2.05 bits per heavy atom. The molecule has 2 aromatic carbocycles. The summed E-state index contributed by atoms with van der Waals surface area (Å²) in [4.78, 5) is 10.8. The van der Waals surface area contributed by atoms with Gasteiger partial charge >= 0.3 is 5.97 Å². The fraction of sp³-hybridized carbons (Fsp3) is 0.267. The van der Waals surface area contributed by atoms with Gasteiger partial charge in [0, 0.05) is 12.5 Å². The Hall–Kier alpha value is -2.07. The average Bonchev–Trinajstić information content (AvgIpc) is 2.39. The van der Waals surface area contributed by atoms with Gasteiger partial charge in [0.05, 0.1) is 13.0 Å². The minimum Gasteiger partial charge on any atom is -0.491 e. The smallest absolute Gasteiger partial charge is 0.307 e. The normalized spacial score (nSPS) is 10.6. The summed E-state index contributed by atoms with van der Waals surface area (Å²) in [6, 6.07) is 11.4. The van der Waals surface area contributed by atoms with E-state index in [9.17, 15) is 4.79 Å². The van der Waals surface area contributed by atoms with E-state index in [1.54, 1.807) is 7.11 Å². The van der Waals surface area contributed by atoms with Gasteiger partial charge in [0.25, 0.3) is 0 Å². The molecule has 0 saturated carbocycles. The molecule has 0 aliphatic rings. The number of hydrogen-bond donors (Lipinski definition) is 1. The van der Waals surface area contributed by atoms with E-state index in [0.29, 0.717) is 13.2 Å². The van der Waals surface area contributed by atoms with Crippen molar-refractivity contribution in [1.29, 1.82) is 0 Å². The van der Waals surface area contributed by atoms with Gasteiger partial charge in [-0.3, -0.25) is 4.79 Å². The van der Waals surface area contributed by atoms with Crippen molar-refractivity contribution in [3.05, 3.63) is 42.0 Å². The lowest BCUT2D eigenvalue weighted by Gasteiger charge is -2.10. The van der Waals surface area contributed by atoms with Crippen LogP contribution in [0.25, 0.3) is 10.8 Å². The van der Waals surface area contributed by atoms with Gasteiger partial charge in [-0.05, 0) is 23.1 Å². The van der Waals surface area contributed by atoms with Crippen LogP contribution in [-0.2, 0) is 16.0 Å². The van der Waals surface area contributed by atoms with E-state index >= 15 is 0 Å². The molecule has 0 aromatic heterocycles. The molecule has 0 bridgehead atoms. The van der Waals surface area contributed by atoms with Crippen molar-refractivity contribution in [2.24, 2.45) is 0 Å². The molecule has 100 valence electrons. The molecule has 4 heteroatoms. The molecule has 0 heterocycles.